The molecule has 0 aliphatic heterocycles. The van der Waals surface area contributed by atoms with Crippen LogP contribution in [0.15, 0.2) is 82.5 Å². The maximum absolute atomic E-state index is 12.5. The Morgan fingerprint density at radius 3 is 2.21 bits per heavy atom. The number of hydrogen-bond donors (Lipinski definition) is 0. The molecule has 0 atom stereocenters. The molecule has 0 spiro atoms. The molecule has 0 saturated carbocycles. The Morgan fingerprint density at radius 2 is 1.50 bits per heavy atom. The van der Waals surface area contributed by atoms with E-state index in [4.69, 9.17) is 4.74 Å². The zero-order valence-electron chi connectivity index (χ0n) is 13.2. The first-order valence-corrected chi connectivity index (χ1v) is 7.76. The maximum atomic E-state index is 12.5. The van der Waals surface area contributed by atoms with Crippen molar-refractivity contribution in [1.82, 2.24) is 9.13 Å². The van der Waals surface area contributed by atoms with Crippen LogP contribution in [0.4, 0.5) is 0 Å². The fourth-order valence-corrected chi connectivity index (χ4v) is 2.42. The average molecular weight is 322 g/mol. The van der Waals surface area contributed by atoms with Crippen molar-refractivity contribution in [2.45, 2.75) is 13.1 Å². The highest BCUT2D eigenvalue weighted by atomic mass is 16.5. The van der Waals surface area contributed by atoms with E-state index in [2.05, 4.69) is 0 Å². The van der Waals surface area contributed by atoms with Crippen LogP contribution in [0, 0.1) is 0 Å². The van der Waals surface area contributed by atoms with Crippen LogP contribution >= 0.6 is 0 Å². The molecular formula is C19H18N2O3. The lowest BCUT2D eigenvalue weighted by atomic mass is 10.2. The molecule has 0 unspecified atom stereocenters. The van der Waals surface area contributed by atoms with E-state index in [1.807, 2.05) is 60.7 Å². The van der Waals surface area contributed by atoms with Crippen molar-refractivity contribution < 1.29 is 4.74 Å². The van der Waals surface area contributed by atoms with E-state index < -0.39 is 0 Å². The standard InChI is InChI=1S/C19H18N2O3/c22-18-11-12-20(13-14-24-17-9-5-2-6-10-17)19(23)21(18)15-16-7-3-1-4-8-16/h1-12H,13-15H2. The van der Waals surface area contributed by atoms with Gasteiger partial charge in [0.2, 0.25) is 0 Å². The topological polar surface area (TPSA) is 53.2 Å². The Morgan fingerprint density at radius 1 is 0.833 bits per heavy atom. The predicted molar refractivity (Wildman–Crippen MR) is 92.4 cm³/mol. The van der Waals surface area contributed by atoms with Gasteiger partial charge >= 0.3 is 5.69 Å². The van der Waals surface area contributed by atoms with Crippen molar-refractivity contribution >= 4 is 0 Å². The summed E-state index contributed by atoms with van der Waals surface area (Å²) in [4.78, 5) is 24.5. The fourth-order valence-electron chi connectivity index (χ4n) is 2.42. The molecule has 122 valence electrons. The monoisotopic (exact) mass is 322 g/mol. The number of aromatic nitrogens is 2. The molecule has 2 aromatic carbocycles. The Balaban J connectivity index is 1.74. The summed E-state index contributed by atoms with van der Waals surface area (Å²) in [5.41, 5.74) is 0.280. The average Bonchev–Trinajstić information content (AvgIpc) is 2.62. The van der Waals surface area contributed by atoms with E-state index >= 15 is 0 Å². The summed E-state index contributed by atoms with van der Waals surface area (Å²) in [6.45, 7) is 0.995. The van der Waals surface area contributed by atoms with E-state index in [0.717, 1.165) is 11.3 Å². The van der Waals surface area contributed by atoms with E-state index in [1.54, 1.807) is 0 Å². The highest BCUT2D eigenvalue weighted by Crippen LogP contribution is 2.07. The number of nitrogens with zero attached hydrogens (tertiary/aromatic N) is 2. The van der Waals surface area contributed by atoms with Crippen molar-refractivity contribution in [1.29, 1.82) is 0 Å². The lowest BCUT2D eigenvalue weighted by Gasteiger charge is -2.11. The molecule has 0 aliphatic carbocycles. The Kier molecular flexibility index (Phi) is 4.91. The molecule has 0 bridgehead atoms. The summed E-state index contributed by atoms with van der Waals surface area (Å²) in [6, 6.07) is 20.3. The third-order valence-electron chi connectivity index (χ3n) is 3.67. The summed E-state index contributed by atoms with van der Waals surface area (Å²) < 4.78 is 8.33. The third kappa shape index (κ3) is 3.81. The Bertz CT molecular complexity index is 899. The smallest absolute Gasteiger partial charge is 0.331 e. The molecule has 0 aliphatic rings. The van der Waals surface area contributed by atoms with Crippen molar-refractivity contribution in [3.05, 3.63) is 99.3 Å². The van der Waals surface area contributed by atoms with Gasteiger partial charge in [-0.3, -0.25) is 13.9 Å². The van der Waals surface area contributed by atoms with Crippen LogP contribution in [-0.2, 0) is 13.1 Å². The quantitative estimate of drug-likeness (QED) is 0.699. The molecule has 1 heterocycles. The van der Waals surface area contributed by atoms with Crippen molar-refractivity contribution in [3.63, 3.8) is 0 Å². The van der Waals surface area contributed by atoms with Gasteiger partial charge in [-0.2, -0.15) is 0 Å². The molecule has 24 heavy (non-hydrogen) atoms. The SMILES string of the molecule is O=c1ccn(CCOc2ccccc2)c(=O)n1Cc1ccccc1. The van der Waals surface area contributed by atoms with E-state index in [1.165, 1.54) is 21.4 Å². The summed E-state index contributed by atoms with van der Waals surface area (Å²) in [7, 11) is 0. The third-order valence-corrected chi connectivity index (χ3v) is 3.67. The summed E-state index contributed by atoms with van der Waals surface area (Å²) in [5, 5.41) is 0. The molecule has 3 aromatic rings. The number of benzene rings is 2. The van der Waals surface area contributed by atoms with Gasteiger partial charge < -0.3 is 4.74 Å². The minimum atomic E-state index is -0.331. The van der Waals surface area contributed by atoms with Gasteiger partial charge in [-0.25, -0.2) is 4.79 Å². The minimum absolute atomic E-state index is 0.263. The van der Waals surface area contributed by atoms with Crippen LogP contribution in [0.5, 0.6) is 5.75 Å². The van der Waals surface area contributed by atoms with Crippen LogP contribution in [-0.4, -0.2) is 15.7 Å². The van der Waals surface area contributed by atoms with Gasteiger partial charge in [-0.05, 0) is 17.7 Å². The van der Waals surface area contributed by atoms with Crippen LogP contribution in [0.2, 0.25) is 0 Å². The van der Waals surface area contributed by atoms with Gasteiger partial charge in [0.05, 0.1) is 13.1 Å². The van der Waals surface area contributed by atoms with Crippen molar-refractivity contribution in [3.8, 4) is 5.75 Å². The van der Waals surface area contributed by atoms with Crippen LogP contribution in [0.3, 0.4) is 0 Å². The molecule has 1 aromatic heterocycles. The lowest BCUT2D eigenvalue weighted by molar-refractivity contribution is 0.293. The zero-order chi connectivity index (χ0) is 16.8. The summed E-state index contributed by atoms with van der Waals surface area (Å²) >= 11 is 0. The molecule has 0 amide bonds. The summed E-state index contributed by atoms with van der Waals surface area (Å²) in [6.07, 6.45) is 1.51. The second-order valence-corrected chi connectivity index (χ2v) is 5.36. The van der Waals surface area contributed by atoms with Crippen LogP contribution in [0.1, 0.15) is 5.56 Å². The van der Waals surface area contributed by atoms with E-state index in [-0.39, 0.29) is 17.8 Å². The molecule has 5 heteroatoms. The molecular weight excluding hydrogens is 304 g/mol. The van der Waals surface area contributed by atoms with Crippen molar-refractivity contribution in [2.24, 2.45) is 0 Å². The highest BCUT2D eigenvalue weighted by molar-refractivity contribution is 5.20. The second kappa shape index (κ2) is 7.46. The van der Waals surface area contributed by atoms with Gasteiger partial charge in [-0.15, -0.1) is 0 Å². The largest absolute Gasteiger partial charge is 0.492 e. The minimum Gasteiger partial charge on any atom is -0.492 e. The molecule has 0 fully saturated rings. The van der Waals surface area contributed by atoms with E-state index in [9.17, 15) is 9.59 Å². The Hall–Kier alpha value is -3.08. The van der Waals surface area contributed by atoms with Crippen LogP contribution in [0.25, 0.3) is 0 Å². The van der Waals surface area contributed by atoms with E-state index in [0.29, 0.717) is 13.2 Å². The molecule has 0 radical (unpaired) electrons. The predicted octanol–water partition coefficient (Wildman–Crippen LogP) is 2.14. The molecule has 5 nitrogen and oxygen atoms in total. The van der Waals surface area contributed by atoms with Gasteiger partial charge in [0.1, 0.15) is 12.4 Å². The van der Waals surface area contributed by atoms with Gasteiger partial charge in [0, 0.05) is 12.3 Å². The normalized spacial score (nSPS) is 10.5. The van der Waals surface area contributed by atoms with Gasteiger partial charge in [0.25, 0.3) is 5.56 Å². The maximum Gasteiger partial charge on any atom is 0.331 e. The number of ether oxygens (including phenoxy) is 1. The first kappa shape index (κ1) is 15.8. The van der Waals surface area contributed by atoms with Gasteiger partial charge in [0.15, 0.2) is 0 Å². The molecule has 0 saturated heterocycles. The first-order chi connectivity index (χ1) is 11.7. The number of para-hydroxylation sites is 1. The Labute approximate surface area is 139 Å². The summed E-state index contributed by atoms with van der Waals surface area (Å²) in [5.74, 6) is 0.753. The first-order valence-electron chi connectivity index (χ1n) is 7.76. The number of rotatable bonds is 6. The highest BCUT2D eigenvalue weighted by Gasteiger charge is 2.06. The molecule has 0 N–H and O–H groups in total. The fraction of sp³-hybridized carbons (Fsp3) is 0.158. The van der Waals surface area contributed by atoms with Crippen molar-refractivity contribution in [2.75, 3.05) is 6.61 Å². The second-order valence-electron chi connectivity index (χ2n) is 5.36. The zero-order valence-corrected chi connectivity index (χ0v) is 13.2. The van der Waals surface area contributed by atoms with Crippen LogP contribution < -0.4 is 16.0 Å². The molecule has 3 rings (SSSR count). The lowest BCUT2D eigenvalue weighted by Crippen LogP contribution is -2.39. The number of hydrogen-bond acceptors (Lipinski definition) is 3. The van der Waals surface area contributed by atoms with Gasteiger partial charge in [-0.1, -0.05) is 48.5 Å².